The maximum atomic E-state index is 6.52. The average molecular weight is 827 g/mol. The van der Waals surface area contributed by atoms with E-state index in [1.165, 1.54) is 0 Å². The Morgan fingerprint density at radius 1 is 0.365 bits per heavy atom. The van der Waals surface area contributed by atoms with E-state index in [4.69, 9.17) is 29.3 Å². The average Bonchev–Trinajstić information content (AvgIpc) is 3.74. The zero-order chi connectivity index (χ0) is 41.7. The van der Waals surface area contributed by atoms with Crippen LogP contribution in [0.4, 0.5) is 17.3 Å². The SMILES string of the molecule is c1ccc(-c2cc(-c3ccccc3)nc(N3c4ccccc4Sc4cc(-c5ccc6oc7cccc(-c8nc(-c9ccccc9)nc(-c9ccccc9)n8)c7c6c5)ccc43)n2)cc1. The van der Waals surface area contributed by atoms with Gasteiger partial charge in [-0.2, -0.15) is 0 Å². The first-order valence-electron chi connectivity index (χ1n) is 20.7. The second-order valence-electron chi connectivity index (χ2n) is 15.3. The van der Waals surface area contributed by atoms with Gasteiger partial charge in [-0.3, -0.25) is 4.90 Å². The molecule has 0 fully saturated rings. The lowest BCUT2D eigenvalue weighted by Crippen LogP contribution is -2.18. The van der Waals surface area contributed by atoms with E-state index in [1.54, 1.807) is 11.8 Å². The van der Waals surface area contributed by atoms with Gasteiger partial charge >= 0.3 is 0 Å². The summed E-state index contributed by atoms with van der Waals surface area (Å²) in [5.74, 6) is 2.42. The zero-order valence-corrected chi connectivity index (χ0v) is 34.4. The molecule has 296 valence electrons. The van der Waals surface area contributed by atoms with Gasteiger partial charge in [0.1, 0.15) is 11.2 Å². The van der Waals surface area contributed by atoms with E-state index >= 15 is 0 Å². The number of aromatic nitrogens is 5. The molecule has 0 bridgehead atoms. The summed E-state index contributed by atoms with van der Waals surface area (Å²) in [5.41, 5.74) is 12.2. The van der Waals surface area contributed by atoms with Gasteiger partial charge in [0.05, 0.1) is 22.8 Å². The Morgan fingerprint density at radius 2 is 0.905 bits per heavy atom. The molecule has 0 aliphatic carbocycles. The van der Waals surface area contributed by atoms with Crippen molar-refractivity contribution in [3.05, 3.63) is 206 Å². The number of furan rings is 1. The van der Waals surface area contributed by atoms with E-state index in [-0.39, 0.29) is 0 Å². The van der Waals surface area contributed by atoms with Crippen molar-refractivity contribution in [3.63, 3.8) is 0 Å². The molecule has 4 heterocycles. The van der Waals surface area contributed by atoms with Gasteiger partial charge in [0.15, 0.2) is 17.5 Å². The Hall–Kier alpha value is -8.20. The van der Waals surface area contributed by atoms with Crippen LogP contribution in [0.5, 0.6) is 0 Å². The summed E-state index contributed by atoms with van der Waals surface area (Å²) in [6, 6.07) is 70.4. The van der Waals surface area contributed by atoms with Crippen molar-refractivity contribution in [1.82, 2.24) is 24.9 Å². The van der Waals surface area contributed by atoms with Gasteiger partial charge in [-0.15, -0.1) is 0 Å². The molecule has 1 aliphatic rings. The second kappa shape index (κ2) is 15.4. The fourth-order valence-corrected chi connectivity index (χ4v) is 9.42. The van der Waals surface area contributed by atoms with Gasteiger partial charge in [0.2, 0.25) is 5.95 Å². The summed E-state index contributed by atoms with van der Waals surface area (Å²) >= 11 is 1.76. The third kappa shape index (κ3) is 6.70. The molecular weight excluding hydrogens is 793 g/mol. The van der Waals surface area contributed by atoms with Gasteiger partial charge in [-0.25, -0.2) is 24.9 Å². The lowest BCUT2D eigenvalue weighted by Gasteiger charge is -2.32. The number of rotatable bonds is 7. The summed E-state index contributed by atoms with van der Waals surface area (Å²) in [4.78, 5) is 30.0. The van der Waals surface area contributed by atoms with Crippen LogP contribution in [0.15, 0.2) is 220 Å². The van der Waals surface area contributed by atoms with Gasteiger partial charge in [0, 0.05) is 48.4 Å². The molecule has 8 aromatic carbocycles. The van der Waals surface area contributed by atoms with Crippen molar-refractivity contribution in [2.24, 2.45) is 0 Å². The number of fused-ring (bicyclic) bond motifs is 5. The summed E-state index contributed by atoms with van der Waals surface area (Å²) in [5, 5.41) is 1.94. The van der Waals surface area contributed by atoms with Gasteiger partial charge in [-0.1, -0.05) is 169 Å². The third-order valence-corrected chi connectivity index (χ3v) is 12.5. The van der Waals surface area contributed by atoms with Crippen LogP contribution in [0, 0.1) is 0 Å². The Bertz CT molecular complexity index is 3370. The maximum absolute atomic E-state index is 6.52. The predicted molar refractivity (Wildman–Crippen MR) is 254 cm³/mol. The number of hydrogen-bond acceptors (Lipinski definition) is 8. The molecule has 1 aliphatic heterocycles. The van der Waals surface area contributed by atoms with Crippen LogP contribution in [-0.4, -0.2) is 24.9 Å². The van der Waals surface area contributed by atoms with E-state index in [0.717, 1.165) is 93.4 Å². The standard InChI is InChI=1S/C55H34N6OS/c1-5-16-35(17-6-1)43-34-44(36-18-7-2-8-19-36)57-55(56-43)61-45-25-13-14-27-49(45)63-50-33-40(28-30-46(50)61)39-29-31-47-42(32-39)51-41(24-15-26-48(51)62-47)54-59-52(37-20-9-3-10-21-37)58-53(60-54)38-22-11-4-12-23-38/h1-34H. The minimum Gasteiger partial charge on any atom is -0.456 e. The normalized spacial score (nSPS) is 12.0. The molecule has 12 rings (SSSR count). The largest absolute Gasteiger partial charge is 0.456 e. The molecule has 0 saturated heterocycles. The van der Waals surface area contributed by atoms with Crippen molar-refractivity contribution in [2.75, 3.05) is 4.90 Å². The number of hydrogen-bond donors (Lipinski definition) is 0. The van der Waals surface area contributed by atoms with Crippen LogP contribution in [0.3, 0.4) is 0 Å². The van der Waals surface area contributed by atoms with E-state index in [2.05, 4.69) is 102 Å². The van der Waals surface area contributed by atoms with Crippen molar-refractivity contribution < 1.29 is 4.42 Å². The molecule has 3 aromatic heterocycles. The quantitative estimate of drug-likeness (QED) is 0.157. The fourth-order valence-electron chi connectivity index (χ4n) is 8.32. The molecule has 0 atom stereocenters. The van der Waals surface area contributed by atoms with Gasteiger partial charge < -0.3 is 4.42 Å². The molecule has 11 aromatic rings. The highest BCUT2D eigenvalue weighted by Gasteiger charge is 2.28. The van der Waals surface area contributed by atoms with E-state index in [0.29, 0.717) is 23.4 Å². The maximum Gasteiger partial charge on any atom is 0.235 e. The van der Waals surface area contributed by atoms with E-state index in [9.17, 15) is 0 Å². The molecular formula is C55H34N6OS. The van der Waals surface area contributed by atoms with Gasteiger partial charge in [-0.05, 0) is 59.7 Å². The summed E-state index contributed by atoms with van der Waals surface area (Å²) in [6.07, 6.45) is 0. The molecule has 0 amide bonds. The van der Waals surface area contributed by atoms with Crippen LogP contribution in [0.25, 0.3) is 89.7 Å². The molecule has 7 nitrogen and oxygen atoms in total. The number of anilines is 3. The van der Waals surface area contributed by atoms with Crippen LogP contribution in [0.2, 0.25) is 0 Å². The molecule has 0 unspecified atom stereocenters. The number of para-hydroxylation sites is 1. The van der Waals surface area contributed by atoms with Crippen molar-refractivity contribution in [1.29, 1.82) is 0 Å². The number of nitrogens with zero attached hydrogens (tertiary/aromatic N) is 6. The van der Waals surface area contributed by atoms with Crippen LogP contribution in [0.1, 0.15) is 0 Å². The van der Waals surface area contributed by atoms with Crippen LogP contribution >= 0.6 is 11.8 Å². The minimum absolute atomic E-state index is 0.583. The highest BCUT2D eigenvalue weighted by molar-refractivity contribution is 7.99. The van der Waals surface area contributed by atoms with Crippen molar-refractivity contribution in [3.8, 4) is 67.8 Å². The molecule has 8 heteroatoms. The number of benzene rings is 8. The molecule has 0 N–H and O–H groups in total. The third-order valence-electron chi connectivity index (χ3n) is 11.3. The van der Waals surface area contributed by atoms with Crippen molar-refractivity contribution in [2.45, 2.75) is 9.79 Å². The lowest BCUT2D eigenvalue weighted by molar-refractivity contribution is 0.669. The molecule has 0 radical (unpaired) electrons. The van der Waals surface area contributed by atoms with Crippen molar-refractivity contribution >= 4 is 51.0 Å². The van der Waals surface area contributed by atoms with Crippen LogP contribution in [-0.2, 0) is 0 Å². The first-order chi connectivity index (χ1) is 31.2. The first kappa shape index (κ1) is 36.6. The molecule has 0 saturated carbocycles. The lowest BCUT2D eigenvalue weighted by atomic mass is 10.00. The molecule has 63 heavy (non-hydrogen) atoms. The fraction of sp³-hybridized carbons (Fsp3) is 0. The summed E-state index contributed by atoms with van der Waals surface area (Å²) in [7, 11) is 0. The monoisotopic (exact) mass is 826 g/mol. The minimum atomic E-state index is 0.583. The highest BCUT2D eigenvalue weighted by atomic mass is 32.2. The smallest absolute Gasteiger partial charge is 0.235 e. The first-order valence-corrected chi connectivity index (χ1v) is 21.6. The van der Waals surface area contributed by atoms with E-state index in [1.807, 2.05) is 109 Å². The Labute approximate surface area is 367 Å². The zero-order valence-electron chi connectivity index (χ0n) is 33.6. The summed E-state index contributed by atoms with van der Waals surface area (Å²) < 4.78 is 6.52. The topological polar surface area (TPSA) is 80.8 Å². The molecule has 0 spiro atoms. The Morgan fingerprint density at radius 3 is 1.56 bits per heavy atom. The van der Waals surface area contributed by atoms with E-state index < -0.39 is 0 Å². The summed E-state index contributed by atoms with van der Waals surface area (Å²) in [6.45, 7) is 0. The highest BCUT2D eigenvalue weighted by Crippen LogP contribution is 2.52. The predicted octanol–water partition coefficient (Wildman–Crippen LogP) is 14.5. The second-order valence-corrected chi connectivity index (χ2v) is 16.4. The van der Waals surface area contributed by atoms with Crippen LogP contribution < -0.4 is 4.90 Å². The Kier molecular flexibility index (Phi) is 8.93. The van der Waals surface area contributed by atoms with Gasteiger partial charge in [0.25, 0.3) is 0 Å². The Balaban J connectivity index is 0.989.